The number of carbonyl (C=O) groups is 1. The number of rotatable bonds is 7. The molecule has 0 N–H and O–H groups in total. The van der Waals surface area contributed by atoms with Crippen molar-refractivity contribution in [1.29, 1.82) is 0 Å². The predicted molar refractivity (Wildman–Crippen MR) is 142 cm³/mol. The molecule has 0 radical (unpaired) electrons. The summed E-state index contributed by atoms with van der Waals surface area (Å²) in [5, 5.41) is 2.42. The fourth-order valence-corrected chi connectivity index (χ4v) is 5.38. The second-order valence-corrected chi connectivity index (χ2v) is 9.13. The summed E-state index contributed by atoms with van der Waals surface area (Å²) in [4.78, 5) is 15.5. The molecule has 0 fully saturated rings. The van der Waals surface area contributed by atoms with Gasteiger partial charge in [-0.1, -0.05) is 72.8 Å². The fourth-order valence-electron chi connectivity index (χ4n) is 5.38. The number of methoxy groups -OCH3 is 3. The van der Waals surface area contributed by atoms with Gasteiger partial charge in [-0.15, -0.1) is 0 Å². The lowest BCUT2D eigenvalue weighted by Crippen LogP contribution is -2.42. The number of esters is 1. The van der Waals surface area contributed by atoms with Crippen LogP contribution in [0.4, 0.5) is 0 Å². The summed E-state index contributed by atoms with van der Waals surface area (Å²) in [5.74, 6) is 1.16. The van der Waals surface area contributed by atoms with Crippen molar-refractivity contribution in [2.24, 2.45) is 0 Å². The Morgan fingerprint density at radius 1 is 0.861 bits per heavy atom. The summed E-state index contributed by atoms with van der Waals surface area (Å²) in [6.07, 6.45) is 1.54. The van der Waals surface area contributed by atoms with Crippen molar-refractivity contribution in [2.45, 2.75) is 24.9 Å². The van der Waals surface area contributed by atoms with E-state index in [0.717, 1.165) is 36.3 Å². The van der Waals surface area contributed by atoms with Gasteiger partial charge in [-0.2, -0.15) is 0 Å². The Morgan fingerprint density at radius 3 is 2.28 bits per heavy atom. The molecule has 0 aromatic heterocycles. The van der Waals surface area contributed by atoms with Gasteiger partial charge in [0.25, 0.3) is 0 Å². The van der Waals surface area contributed by atoms with Crippen LogP contribution in [0, 0.1) is 0 Å². The zero-order valence-corrected chi connectivity index (χ0v) is 20.9. The highest BCUT2D eigenvalue weighted by Gasteiger charge is 2.38. The van der Waals surface area contributed by atoms with Gasteiger partial charge in [0, 0.05) is 12.6 Å². The fraction of sp³-hybridized carbons (Fsp3) is 0.258. The van der Waals surface area contributed by atoms with Gasteiger partial charge in [-0.05, 0) is 58.0 Å². The smallest absolute Gasteiger partial charge is 0.327 e. The third-order valence-corrected chi connectivity index (χ3v) is 7.16. The van der Waals surface area contributed by atoms with Gasteiger partial charge in [0.1, 0.15) is 6.04 Å². The maximum atomic E-state index is 13.2. The van der Waals surface area contributed by atoms with Crippen molar-refractivity contribution in [1.82, 2.24) is 4.90 Å². The number of carbonyl (C=O) groups excluding carboxylic acids is 1. The average molecular weight is 482 g/mol. The van der Waals surface area contributed by atoms with E-state index in [4.69, 9.17) is 14.2 Å². The van der Waals surface area contributed by atoms with Crippen molar-refractivity contribution in [3.63, 3.8) is 0 Å². The van der Waals surface area contributed by atoms with Crippen molar-refractivity contribution >= 4 is 16.7 Å². The molecule has 4 aromatic rings. The molecule has 1 aliphatic heterocycles. The maximum Gasteiger partial charge on any atom is 0.327 e. The van der Waals surface area contributed by atoms with E-state index in [-0.39, 0.29) is 12.0 Å². The van der Waals surface area contributed by atoms with Crippen molar-refractivity contribution in [2.75, 3.05) is 27.9 Å². The van der Waals surface area contributed by atoms with E-state index in [1.165, 1.54) is 29.0 Å². The summed E-state index contributed by atoms with van der Waals surface area (Å²) in [6, 6.07) is 28.5. The van der Waals surface area contributed by atoms with Crippen molar-refractivity contribution in [3.05, 3.63) is 107 Å². The van der Waals surface area contributed by atoms with E-state index in [9.17, 15) is 4.79 Å². The molecule has 4 aromatic carbocycles. The Hall–Kier alpha value is -3.83. The number of hydrogen-bond acceptors (Lipinski definition) is 5. The second kappa shape index (κ2) is 10.4. The molecule has 1 aliphatic rings. The van der Waals surface area contributed by atoms with Gasteiger partial charge in [0.15, 0.2) is 11.5 Å². The van der Waals surface area contributed by atoms with E-state index in [1.807, 2.05) is 30.3 Å². The molecule has 5 rings (SSSR count). The van der Waals surface area contributed by atoms with Crippen LogP contribution in [0.25, 0.3) is 10.8 Å². The van der Waals surface area contributed by atoms with Gasteiger partial charge < -0.3 is 14.2 Å². The molecular weight excluding hydrogens is 450 g/mol. The molecule has 5 heteroatoms. The van der Waals surface area contributed by atoms with Gasteiger partial charge in [-0.3, -0.25) is 4.90 Å². The van der Waals surface area contributed by atoms with Crippen LogP contribution in [0.2, 0.25) is 0 Å². The molecule has 2 atom stereocenters. The molecule has 0 saturated heterocycles. The van der Waals surface area contributed by atoms with Crippen LogP contribution in [0.1, 0.15) is 34.3 Å². The van der Waals surface area contributed by atoms with Crippen molar-refractivity contribution in [3.8, 4) is 11.5 Å². The lowest BCUT2D eigenvalue weighted by molar-refractivity contribution is -0.148. The van der Waals surface area contributed by atoms with Gasteiger partial charge in [0.2, 0.25) is 0 Å². The molecule has 0 saturated carbocycles. The standard InChI is InChI=1S/C31H31NO4/c1-34-28-19-25-15-16-32(30(31(33)36-3)23-10-5-4-6-11-23)27(26(25)20-29(28)35-2)18-21-13-14-22-9-7-8-12-24(22)17-21/h4-14,17,19-20,27,30H,15-16,18H2,1-3H3. The first-order valence-corrected chi connectivity index (χ1v) is 12.2. The van der Waals surface area contributed by atoms with Gasteiger partial charge in [-0.25, -0.2) is 4.79 Å². The van der Waals surface area contributed by atoms with Gasteiger partial charge >= 0.3 is 5.97 Å². The molecule has 1 heterocycles. The largest absolute Gasteiger partial charge is 0.493 e. The highest BCUT2D eigenvalue weighted by molar-refractivity contribution is 5.83. The average Bonchev–Trinajstić information content (AvgIpc) is 2.93. The first-order valence-electron chi connectivity index (χ1n) is 12.2. The maximum absolute atomic E-state index is 13.2. The SMILES string of the molecule is COC(=O)C(c1ccccc1)N1CCc2cc(OC)c(OC)cc2C1Cc1ccc2ccccc2c1. The molecule has 0 bridgehead atoms. The van der Waals surface area contributed by atoms with Crippen LogP contribution < -0.4 is 9.47 Å². The van der Waals surface area contributed by atoms with Crippen molar-refractivity contribution < 1.29 is 19.0 Å². The Balaban J connectivity index is 1.63. The predicted octanol–water partition coefficient (Wildman–Crippen LogP) is 5.91. The van der Waals surface area contributed by atoms with E-state index in [2.05, 4.69) is 59.5 Å². The summed E-state index contributed by atoms with van der Waals surface area (Å²) in [6.45, 7) is 0.718. The lowest BCUT2D eigenvalue weighted by atomic mass is 9.86. The third-order valence-electron chi connectivity index (χ3n) is 7.16. The molecule has 0 spiro atoms. The quantitative estimate of drug-likeness (QED) is 0.307. The first kappa shape index (κ1) is 23.9. The molecule has 0 aliphatic carbocycles. The van der Waals surface area contributed by atoms with Crippen LogP contribution in [0.3, 0.4) is 0 Å². The molecule has 5 nitrogen and oxygen atoms in total. The topological polar surface area (TPSA) is 48.0 Å². The minimum atomic E-state index is -0.511. The van der Waals surface area contributed by atoms with Gasteiger partial charge in [0.05, 0.1) is 21.3 Å². The minimum Gasteiger partial charge on any atom is -0.493 e. The first-order chi connectivity index (χ1) is 17.6. The second-order valence-electron chi connectivity index (χ2n) is 9.13. The summed E-state index contributed by atoms with van der Waals surface area (Å²) >= 11 is 0. The number of ether oxygens (including phenoxy) is 3. The number of hydrogen-bond donors (Lipinski definition) is 0. The molecule has 36 heavy (non-hydrogen) atoms. The van der Waals surface area contributed by atoms with Crippen LogP contribution in [-0.2, 0) is 22.4 Å². The summed E-state index contributed by atoms with van der Waals surface area (Å²) in [7, 11) is 4.78. The minimum absolute atomic E-state index is 0.0565. The molecule has 184 valence electrons. The van der Waals surface area contributed by atoms with E-state index in [1.54, 1.807) is 14.2 Å². The molecule has 0 amide bonds. The normalized spacial score (nSPS) is 16.2. The number of fused-ring (bicyclic) bond motifs is 2. The Labute approximate surface area is 212 Å². The Morgan fingerprint density at radius 2 is 1.56 bits per heavy atom. The summed E-state index contributed by atoms with van der Waals surface area (Å²) in [5.41, 5.74) is 4.50. The zero-order chi connectivity index (χ0) is 25.1. The third kappa shape index (κ3) is 4.54. The zero-order valence-electron chi connectivity index (χ0n) is 20.9. The number of benzene rings is 4. The monoisotopic (exact) mass is 481 g/mol. The van der Waals surface area contributed by atoms with Crippen LogP contribution in [-0.4, -0.2) is 38.7 Å². The highest BCUT2D eigenvalue weighted by atomic mass is 16.5. The summed E-state index contributed by atoms with van der Waals surface area (Å²) < 4.78 is 16.6. The molecule has 2 unspecified atom stereocenters. The van der Waals surface area contributed by atoms with E-state index < -0.39 is 6.04 Å². The van der Waals surface area contributed by atoms with E-state index >= 15 is 0 Å². The highest BCUT2D eigenvalue weighted by Crippen LogP contribution is 2.43. The van der Waals surface area contributed by atoms with Crippen LogP contribution in [0.5, 0.6) is 11.5 Å². The lowest BCUT2D eigenvalue weighted by Gasteiger charge is -2.41. The van der Waals surface area contributed by atoms with Crippen LogP contribution >= 0.6 is 0 Å². The Bertz CT molecular complexity index is 1370. The van der Waals surface area contributed by atoms with Crippen LogP contribution in [0.15, 0.2) is 84.9 Å². The Kier molecular flexibility index (Phi) is 6.92. The number of nitrogens with zero attached hydrogens (tertiary/aromatic N) is 1. The van der Waals surface area contributed by atoms with E-state index in [0.29, 0.717) is 5.75 Å². The molecular formula is C31H31NO4.